The molecule has 0 spiro atoms. The predicted molar refractivity (Wildman–Crippen MR) is 83.0 cm³/mol. The summed E-state index contributed by atoms with van der Waals surface area (Å²) in [6.45, 7) is 3.55. The second-order valence-electron chi connectivity index (χ2n) is 4.86. The topological polar surface area (TPSA) is 94.6 Å². The first-order valence-electron chi connectivity index (χ1n) is 7.13. The van der Waals surface area contributed by atoms with Crippen LogP contribution in [-0.4, -0.2) is 19.7 Å². The quantitative estimate of drug-likeness (QED) is 0.857. The molecule has 23 heavy (non-hydrogen) atoms. The zero-order chi connectivity index (χ0) is 17.0. The molecule has 6 nitrogen and oxygen atoms in total. The third kappa shape index (κ3) is 2.99. The van der Waals surface area contributed by atoms with E-state index in [0.29, 0.717) is 17.1 Å². The van der Waals surface area contributed by atoms with Gasteiger partial charge in [0, 0.05) is 5.56 Å². The zero-order valence-electron chi connectivity index (χ0n) is 13.3. The van der Waals surface area contributed by atoms with Crippen molar-refractivity contribution in [1.82, 2.24) is 0 Å². The highest BCUT2D eigenvalue weighted by atomic mass is 16.5. The Balaban J connectivity index is 2.67. The fourth-order valence-electron chi connectivity index (χ4n) is 2.57. The van der Waals surface area contributed by atoms with E-state index in [1.807, 2.05) is 6.07 Å². The number of hydrogen-bond acceptors (Lipinski definition) is 6. The van der Waals surface area contributed by atoms with E-state index >= 15 is 0 Å². The van der Waals surface area contributed by atoms with Crippen LogP contribution in [0.4, 0.5) is 0 Å². The van der Waals surface area contributed by atoms with Gasteiger partial charge in [-0.1, -0.05) is 18.2 Å². The lowest BCUT2D eigenvalue weighted by Crippen LogP contribution is -2.25. The summed E-state index contributed by atoms with van der Waals surface area (Å²) in [7, 11) is 1.53. The first-order valence-corrected chi connectivity index (χ1v) is 7.13. The molecule has 0 aliphatic carbocycles. The lowest BCUT2D eigenvalue weighted by atomic mass is 9.82. The van der Waals surface area contributed by atoms with Crippen molar-refractivity contribution >= 4 is 5.97 Å². The molecule has 1 aliphatic rings. The average Bonchev–Trinajstić information content (AvgIpc) is 2.54. The molecule has 1 atom stereocenters. The fourth-order valence-corrected chi connectivity index (χ4v) is 2.57. The van der Waals surface area contributed by atoms with Crippen molar-refractivity contribution in [2.45, 2.75) is 19.8 Å². The van der Waals surface area contributed by atoms with Gasteiger partial charge in [0.05, 0.1) is 25.2 Å². The van der Waals surface area contributed by atoms with Crippen LogP contribution in [0.5, 0.6) is 5.75 Å². The van der Waals surface area contributed by atoms with Crippen LogP contribution in [0.25, 0.3) is 0 Å². The molecule has 2 rings (SSSR count). The van der Waals surface area contributed by atoms with E-state index in [-0.39, 0.29) is 23.6 Å². The van der Waals surface area contributed by atoms with Gasteiger partial charge in [-0.2, -0.15) is 5.26 Å². The van der Waals surface area contributed by atoms with Gasteiger partial charge in [-0.15, -0.1) is 0 Å². The minimum absolute atomic E-state index is 0.0195. The van der Waals surface area contributed by atoms with Crippen molar-refractivity contribution in [3.63, 3.8) is 0 Å². The maximum absolute atomic E-state index is 12.4. The molecule has 2 N–H and O–H groups in total. The van der Waals surface area contributed by atoms with E-state index in [4.69, 9.17) is 19.9 Å². The number of para-hydroxylation sites is 1. The van der Waals surface area contributed by atoms with E-state index in [0.717, 1.165) is 0 Å². The molecular formula is C17H18N2O4. The van der Waals surface area contributed by atoms with E-state index < -0.39 is 11.9 Å². The predicted octanol–water partition coefficient (Wildman–Crippen LogP) is 2.34. The molecule has 1 unspecified atom stereocenters. The molecule has 1 aromatic rings. The van der Waals surface area contributed by atoms with Crippen LogP contribution >= 0.6 is 0 Å². The van der Waals surface area contributed by atoms with Gasteiger partial charge in [-0.3, -0.25) is 0 Å². The normalized spacial score (nSPS) is 17.4. The molecular weight excluding hydrogens is 296 g/mol. The summed E-state index contributed by atoms with van der Waals surface area (Å²) < 4.78 is 15.8. The number of hydrogen-bond donors (Lipinski definition) is 1. The Labute approximate surface area is 134 Å². The highest BCUT2D eigenvalue weighted by Gasteiger charge is 2.37. The van der Waals surface area contributed by atoms with Crippen LogP contribution in [0.1, 0.15) is 25.3 Å². The van der Waals surface area contributed by atoms with Crippen molar-refractivity contribution < 1.29 is 19.0 Å². The summed E-state index contributed by atoms with van der Waals surface area (Å²) >= 11 is 0. The van der Waals surface area contributed by atoms with Crippen molar-refractivity contribution in [2.75, 3.05) is 13.7 Å². The summed E-state index contributed by atoms with van der Waals surface area (Å²) in [6, 6.07) is 9.18. The Bertz CT molecular complexity index is 728. The molecule has 120 valence electrons. The van der Waals surface area contributed by atoms with Gasteiger partial charge >= 0.3 is 5.97 Å². The number of allylic oxidation sites excluding steroid dienone is 2. The Kier molecular flexibility index (Phi) is 4.91. The number of rotatable bonds is 4. The Morgan fingerprint density at radius 1 is 1.43 bits per heavy atom. The molecule has 0 bridgehead atoms. The maximum atomic E-state index is 12.4. The standard InChI is InChI=1S/C17H18N2O4/c1-4-22-17(20)14-10(2)23-16(19)12(9-18)15(14)11-7-5-6-8-13(11)21-3/h5-8,15H,4,19H2,1-3H3. The maximum Gasteiger partial charge on any atom is 0.338 e. The zero-order valence-corrected chi connectivity index (χ0v) is 13.3. The molecule has 0 amide bonds. The molecule has 1 aliphatic heterocycles. The van der Waals surface area contributed by atoms with Gasteiger partial charge in [0.1, 0.15) is 23.2 Å². The SMILES string of the molecule is CCOC(=O)C1=C(C)OC(N)=C(C#N)C1c1ccccc1OC. The smallest absolute Gasteiger partial charge is 0.338 e. The van der Waals surface area contributed by atoms with Gasteiger partial charge in [0.2, 0.25) is 5.88 Å². The third-order valence-electron chi connectivity index (χ3n) is 3.55. The summed E-state index contributed by atoms with van der Waals surface area (Å²) in [5, 5.41) is 9.49. The van der Waals surface area contributed by atoms with Crippen molar-refractivity contribution in [3.05, 3.63) is 52.6 Å². The van der Waals surface area contributed by atoms with Gasteiger partial charge in [-0.05, 0) is 19.9 Å². The van der Waals surface area contributed by atoms with E-state index in [1.54, 1.807) is 38.1 Å². The lowest BCUT2D eigenvalue weighted by Gasteiger charge is -2.27. The van der Waals surface area contributed by atoms with Crippen molar-refractivity contribution in [1.29, 1.82) is 5.26 Å². The van der Waals surface area contributed by atoms with E-state index in [2.05, 4.69) is 0 Å². The van der Waals surface area contributed by atoms with E-state index in [9.17, 15) is 10.1 Å². The minimum Gasteiger partial charge on any atom is -0.496 e. The monoisotopic (exact) mass is 314 g/mol. The van der Waals surface area contributed by atoms with Crippen LogP contribution in [0.3, 0.4) is 0 Å². The van der Waals surface area contributed by atoms with Crippen LogP contribution in [-0.2, 0) is 14.3 Å². The third-order valence-corrected chi connectivity index (χ3v) is 3.55. The molecule has 0 saturated heterocycles. The number of methoxy groups -OCH3 is 1. The van der Waals surface area contributed by atoms with Crippen LogP contribution < -0.4 is 10.5 Å². The molecule has 1 heterocycles. The first-order chi connectivity index (χ1) is 11.0. The van der Waals surface area contributed by atoms with Gasteiger partial charge in [0.25, 0.3) is 0 Å². The lowest BCUT2D eigenvalue weighted by molar-refractivity contribution is -0.139. The summed E-state index contributed by atoms with van der Waals surface area (Å²) in [6.07, 6.45) is 0. The Morgan fingerprint density at radius 2 is 2.13 bits per heavy atom. The van der Waals surface area contributed by atoms with Crippen LogP contribution in [0.2, 0.25) is 0 Å². The second kappa shape index (κ2) is 6.88. The Hall–Kier alpha value is -2.94. The summed E-state index contributed by atoms with van der Waals surface area (Å²) in [5.74, 6) is -0.385. The number of nitrogens with two attached hydrogens (primary N) is 1. The van der Waals surface area contributed by atoms with Crippen LogP contribution in [0, 0.1) is 11.3 Å². The Morgan fingerprint density at radius 3 is 2.74 bits per heavy atom. The number of esters is 1. The molecule has 0 fully saturated rings. The van der Waals surface area contributed by atoms with Gasteiger partial charge in [-0.25, -0.2) is 4.79 Å². The number of ether oxygens (including phenoxy) is 3. The number of benzene rings is 1. The van der Waals surface area contributed by atoms with Gasteiger partial charge < -0.3 is 19.9 Å². The van der Waals surface area contributed by atoms with Crippen molar-refractivity contribution in [3.8, 4) is 11.8 Å². The number of carbonyl (C=O) groups excluding carboxylic acids is 1. The highest BCUT2D eigenvalue weighted by molar-refractivity contribution is 5.92. The molecule has 0 radical (unpaired) electrons. The first kappa shape index (κ1) is 16.4. The summed E-state index contributed by atoms with van der Waals surface area (Å²) in [5.41, 5.74) is 6.90. The highest BCUT2D eigenvalue weighted by Crippen LogP contribution is 2.42. The van der Waals surface area contributed by atoms with E-state index in [1.165, 1.54) is 7.11 Å². The fraction of sp³-hybridized carbons (Fsp3) is 0.294. The molecule has 6 heteroatoms. The van der Waals surface area contributed by atoms with Gasteiger partial charge in [0.15, 0.2) is 0 Å². The van der Waals surface area contributed by atoms with Crippen molar-refractivity contribution in [2.24, 2.45) is 5.73 Å². The minimum atomic E-state index is -0.691. The average molecular weight is 314 g/mol. The molecule has 0 saturated carbocycles. The number of carbonyl (C=O) groups is 1. The molecule has 1 aromatic carbocycles. The second-order valence-corrected chi connectivity index (χ2v) is 4.86. The number of nitriles is 1. The molecule has 0 aromatic heterocycles. The number of nitrogens with zero attached hydrogens (tertiary/aromatic N) is 1. The largest absolute Gasteiger partial charge is 0.496 e. The van der Waals surface area contributed by atoms with Crippen LogP contribution in [0.15, 0.2) is 47.1 Å². The summed E-state index contributed by atoms with van der Waals surface area (Å²) in [4.78, 5) is 12.4.